The van der Waals surface area contributed by atoms with E-state index >= 15 is 0 Å². The van der Waals surface area contributed by atoms with Crippen LogP contribution in [0.15, 0.2) is 47.2 Å². The molecule has 2 aliphatic heterocycles. The Bertz CT molecular complexity index is 560. The van der Waals surface area contributed by atoms with Crippen molar-refractivity contribution in [1.29, 1.82) is 0 Å². The maximum atomic E-state index is 6.48. The maximum absolute atomic E-state index is 6.48. The molecule has 0 aliphatic carbocycles. The molecular formula is C17H25N5. The fraction of sp³-hybridized carbons (Fsp3) is 0.471. The predicted octanol–water partition coefficient (Wildman–Crippen LogP) is 1.52. The Morgan fingerprint density at radius 1 is 1.14 bits per heavy atom. The van der Waals surface area contributed by atoms with Crippen LogP contribution < -0.4 is 16.8 Å². The number of benzene rings is 1. The monoisotopic (exact) mass is 299 g/mol. The number of nitrogens with two attached hydrogens (primary N) is 2. The number of nitrogens with zero attached hydrogens (tertiary/aromatic N) is 2. The molecule has 0 aromatic heterocycles. The molecule has 3 rings (SSSR count). The van der Waals surface area contributed by atoms with Gasteiger partial charge in [0.25, 0.3) is 0 Å². The van der Waals surface area contributed by atoms with Gasteiger partial charge in [-0.1, -0.05) is 30.3 Å². The summed E-state index contributed by atoms with van der Waals surface area (Å²) in [6.07, 6.45) is 7.41. The molecule has 1 aromatic carbocycles. The number of likely N-dealkylation sites (tertiary alicyclic amines) is 1. The molecule has 0 spiro atoms. The molecule has 0 bridgehead atoms. The lowest BCUT2D eigenvalue weighted by Crippen LogP contribution is -2.51. The smallest absolute Gasteiger partial charge is 0.196 e. The van der Waals surface area contributed by atoms with Crippen LogP contribution in [0.3, 0.4) is 0 Å². The van der Waals surface area contributed by atoms with Crippen molar-refractivity contribution in [2.45, 2.75) is 37.8 Å². The molecule has 1 fully saturated rings. The molecular weight excluding hydrogens is 274 g/mol. The Kier molecular flexibility index (Phi) is 4.34. The van der Waals surface area contributed by atoms with E-state index in [1.54, 1.807) is 0 Å². The molecule has 2 aliphatic rings. The van der Waals surface area contributed by atoms with Crippen molar-refractivity contribution in [2.75, 3.05) is 13.1 Å². The van der Waals surface area contributed by atoms with Gasteiger partial charge in [0.15, 0.2) is 5.96 Å². The zero-order valence-corrected chi connectivity index (χ0v) is 13.0. The number of piperidine rings is 1. The predicted molar refractivity (Wildman–Crippen MR) is 89.9 cm³/mol. The van der Waals surface area contributed by atoms with E-state index in [-0.39, 0.29) is 0 Å². The zero-order chi connectivity index (χ0) is 15.4. The molecule has 5 heteroatoms. The summed E-state index contributed by atoms with van der Waals surface area (Å²) in [7, 11) is 0. The average molecular weight is 299 g/mol. The van der Waals surface area contributed by atoms with Crippen LogP contribution in [-0.4, -0.2) is 29.6 Å². The summed E-state index contributed by atoms with van der Waals surface area (Å²) in [5, 5.41) is 3.17. The van der Waals surface area contributed by atoms with Gasteiger partial charge in [-0.05, 0) is 43.7 Å². The van der Waals surface area contributed by atoms with Gasteiger partial charge in [-0.15, -0.1) is 0 Å². The fourth-order valence-electron chi connectivity index (χ4n) is 3.11. The van der Waals surface area contributed by atoms with Crippen molar-refractivity contribution < 1.29 is 0 Å². The summed E-state index contributed by atoms with van der Waals surface area (Å²) >= 11 is 0. The van der Waals surface area contributed by atoms with Gasteiger partial charge in [-0.2, -0.15) is 0 Å². The van der Waals surface area contributed by atoms with Crippen LogP contribution in [-0.2, 0) is 6.42 Å². The van der Waals surface area contributed by atoms with E-state index in [4.69, 9.17) is 11.5 Å². The van der Waals surface area contributed by atoms with Gasteiger partial charge in [0.1, 0.15) is 11.5 Å². The largest absolute Gasteiger partial charge is 0.370 e. The standard InChI is InChI=1S/C17H25N5/c18-16-20-15(22-11-5-2-6-12-22)13-17(19,21-16)10-9-14-7-3-1-4-8-14/h1,3-4,7-8,13H,2,5-6,9-12,19H2,(H3,18,20,21). The van der Waals surface area contributed by atoms with Gasteiger partial charge in [0, 0.05) is 13.1 Å². The molecule has 1 aromatic rings. The van der Waals surface area contributed by atoms with Gasteiger partial charge in [0.05, 0.1) is 0 Å². The van der Waals surface area contributed by atoms with Crippen molar-refractivity contribution in [3.8, 4) is 0 Å². The van der Waals surface area contributed by atoms with Crippen molar-refractivity contribution in [2.24, 2.45) is 16.5 Å². The van der Waals surface area contributed by atoms with E-state index in [1.807, 2.05) is 24.3 Å². The van der Waals surface area contributed by atoms with Crippen LogP contribution in [0.5, 0.6) is 0 Å². The number of guanidine groups is 1. The Labute approximate surface area is 132 Å². The molecule has 5 N–H and O–H groups in total. The fourth-order valence-corrected chi connectivity index (χ4v) is 3.11. The first-order chi connectivity index (χ1) is 10.6. The normalized spacial score (nSPS) is 25.2. The van der Waals surface area contributed by atoms with E-state index in [1.165, 1.54) is 24.8 Å². The topological polar surface area (TPSA) is 79.7 Å². The first kappa shape index (κ1) is 14.9. The second kappa shape index (κ2) is 6.40. The van der Waals surface area contributed by atoms with Gasteiger partial charge >= 0.3 is 0 Å². The van der Waals surface area contributed by atoms with Crippen LogP contribution in [0.2, 0.25) is 0 Å². The van der Waals surface area contributed by atoms with Crippen LogP contribution in [0.1, 0.15) is 31.2 Å². The minimum absolute atomic E-state index is 0.415. The molecule has 0 saturated carbocycles. The molecule has 1 unspecified atom stereocenters. The SMILES string of the molecule is NC1=NC(N)(CCc2ccccc2)C=C(N2CCCCC2)N1. The zero-order valence-electron chi connectivity index (χ0n) is 13.0. The van der Waals surface area contributed by atoms with Crippen LogP contribution >= 0.6 is 0 Å². The van der Waals surface area contributed by atoms with Gasteiger partial charge in [-0.25, -0.2) is 4.99 Å². The van der Waals surface area contributed by atoms with Crippen LogP contribution in [0, 0.1) is 0 Å². The number of aliphatic imine (C=N–C) groups is 1. The average Bonchev–Trinajstić information content (AvgIpc) is 2.54. The summed E-state index contributed by atoms with van der Waals surface area (Å²) in [5.41, 5.74) is 13.0. The van der Waals surface area contributed by atoms with Gasteiger partial charge < -0.3 is 21.7 Å². The third-order valence-corrected chi connectivity index (χ3v) is 4.33. The third kappa shape index (κ3) is 3.60. The molecule has 1 atom stereocenters. The Balaban J connectivity index is 1.71. The lowest BCUT2D eigenvalue weighted by Gasteiger charge is -2.36. The minimum Gasteiger partial charge on any atom is -0.370 e. The van der Waals surface area contributed by atoms with Crippen molar-refractivity contribution in [1.82, 2.24) is 10.2 Å². The molecule has 5 nitrogen and oxygen atoms in total. The number of rotatable bonds is 4. The molecule has 0 radical (unpaired) electrons. The number of hydrogen-bond donors (Lipinski definition) is 3. The summed E-state index contributed by atoms with van der Waals surface area (Å²) in [4.78, 5) is 6.76. The van der Waals surface area contributed by atoms with E-state index in [9.17, 15) is 0 Å². The first-order valence-electron chi connectivity index (χ1n) is 8.08. The molecule has 0 amide bonds. The number of nitrogens with one attached hydrogen (secondary N) is 1. The summed E-state index contributed by atoms with van der Waals surface area (Å²) in [5.74, 6) is 1.43. The van der Waals surface area contributed by atoms with Crippen LogP contribution in [0.25, 0.3) is 0 Å². The highest BCUT2D eigenvalue weighted by atomic mass is 15.3. The quantitative estimate of drug-likeness (QED) is 0.787. The van der Waals surface area contributed by atoms with E-state index in [0.29, 0.717) is 5.96 Å². The second-order valence-corrected chi connectivity index (χ2v) is 6.18. The first-order valence-corrected chi connectivity index (χ1v) is 8.08. The van der Waals surface area contributed by atoms with Crippen molar-refractivity contribution in [3.05, 3.63) is 47.8 Å². The maximum Gasteiger partial charge on any atom is 0.196 e. The van der Waals surface area contributed by atoms with Crippen molar-refractivity contribution >= 4 is 5.96 Å². The summed E-state index contributed by atoms with van der Waals surface area (Å²) < 4.78 is 0. The summed E-state index contributed by atoms with van der Waals surface area (Å²) in [6, 6.07) is 10.4. The van der Waals surface area contributed by atoms with Gasteiger partial charge in [0.2, 0.25) is 0 Å². The van der Waals surface area contributed by atoms with Gasteiger partial charge in [-0.3, -0.25) is 0 Å². The highest BCUT2D eigenvalue weighted by molar-refractivity contribution is 5.81. The lowest BCUT2D eigenvalue weighted by atomic mass is 9.99. The molecule has 118 valence electrons. The highest BCUT2D eigenvalue weighted by Crippen LogP contribution is 2.22. The lowest BCUT2D eigenvalue weighted by molar-refractivity contribution is 0.268. The van der Waals surface area contributed by atoms with Crippen molar-refractivity contribution in [3.63, 3.8) is 0 Å². The van der Waals surface area contributed by atoms with E-state index in [2.05, 4.69) is 27.3 Å². The second-order valence-electron chi connectivity index (χ2n) is 6.18. The molecule has 1 saturated heterocycles. The number of aryl methyl sites for hydroxylation is 1. The highest BCUT2D eigenvalue weighted by Gasteiger charge is 2.28. The minimum atomic E-state index is -0.724. The summed E-state index contributed by atoms with van der Waals surface area (Å²) in [6.45, 7) is 2.11. The molecule has 2 heterocycles. The Hall–Kier alpha value is -2.01. The Morgan fingerprint density at radius 3 is 2.59 bits per heavy atom. The van der Waals surface area contributed by atoms with Crippen LogP contribution in [0.4, 0.5) is 0 Å². The number of hydrogen-bond acceptors (Lipinski definition) is 5. The third-order valence-electron chi connectivity index (χ3n) is 4.33. The Morgan fingerprint density at radius 2 is 1.86 bits per heavy atom. The molecule has 22 heavy (non-hydrogen) atoms. The van der Waals surface area contributed by atoms with E-state index in [0.717, 1.165) is 31.8 Å². The van der Waals surface area contributed by atoms with E-state index < -0.39 is 5.66 Å².